The van der Waals surface area contributed by atoms with E-state index in [9.17, 15) is 4.79 Å². The van der Waals surface area contributed by atoms with Crippen molar-refractivity contribution in [2.75, 3.05) is 12.3 Å². The average molecular weight is 274 g/mol. The molecule has 1 unspecified atom stereocenters. The van der Waals surface area contributed by atoms with E-state index in [4.69, 9.17) is 5.73 Å². The lowest BCUT2D eigenvalue weighted by atomic mass is 9.81. The van der Waals surface area contributed by atoms with Gasteiger partial charge in [-0.2, -0.15) is 0 Å². The molecule has 1 aliphatic rings. The molecule has 1 aromatic rings. The smallest absolute Gasteiger partial charge is 0.226 e. The van der Waals surface area contributed by atoms with Gasteiger partial charge in [0, 0.05) is 24.7 Å². The maximum atomic E-state index is 12.8. The lowest BCUT2D eigenvalue weighted by molar-refractivity contribution is -0.138. The topological polar surface area (TPSA) is 46.3 Å². The summed E-state index contributed by atoms with van der Waals surface area (Å²) in [6, 6.07) is 7.80. The molecule has 0 radical (unpaired) electrons. The van der Waals surface area contributed by atoms with Gasteiger partial charge in [0.25, 0.3) is 0 Å². The number of carbonyl (C=O) groups excluding carboxylic acids is 1. The molecule has 0 aliphatic heterocycles. The Balaban J connectivity index is 2.08. The maximum absolute atomic E-state index is 12.8. The molecule has 0 spiro atoms. The van der Waals surface area contributed by atoms with E-state index in [1.165, 1.54) is 6.42 Å². The number of nitrogen functional groups attached to an aromatic ring is 1. The molecule has 20 heavy (non-hydrogen) atoms. The summed E-state index contributed by atoms with van der Waals surface area (Å²) in [6.45, 7) is 7.94. The fourth-order valence-electron chi connectivity index (χ4n) is 3.19. The zero-order chi connectivity index (χ0) is 14.8. The molecule has 1 aromatic carbocycles. The van der Waals surface area contributed by atoms with Crippen molar-refractivity contribution in [2.24, 2.45) is 11.3 Å². The van der Waals surface area contributed by atoms with E-state index in [1.807, 2.05) is 29.2 Å². The van der Waals surface area contributed by atoms with Crippen LogP contribution in [-0.2, 0) is 11.3 Å². The predicted octanol–water partition coefficient (Wildman–Crippen LogP) is 3.44. The number of benzene rings is 1. The number of amides is 1. The minimum absolute atomic E-state index is 0.144. The lowest BCUT2D eigenvalue weighted by Gasteiger charge is -2.31. The van der Waals surface area contributed by atoms with Gasteiger partial charge in [0.2, 0.25) is 5.91 Å². The van der Waals surface area contributed by atoms with E-state index < -0.39 is 0 Å². The fraction of sp³-hybridized carbons (Fsp3) is 0.588. The summed E-state index contributed by atoms with van der Waals surface area (Å²) in [5, 5.41) is 0. The third-order valence-corrected chi connectivity index (χ3v) is 4.60. The quantitative estimate of drug-likeness (QED) is 0.855. The predicted molar refractivity (Wildman–Crippen MR) is 83.1 cm³/mol. The second-order valence-electron chi connectivity index (χ2n) is 6.53. The third-order valence-electron chi connectivity index (χ3n) is 4.60. The number of nitrogens with two attached hydrogens (primary N) is 1. The van der Waals surface area contributed by atoms with Crippen LogP contribution in [-0.4, -0.2) is 17.4 Å². The van der Waals surface area contributed by atoms with Crippen LogP contribution in [0.15, 0.2) is 24.3 Å². The lowest BCUT2D eigenvalue weighted by Crippen LogP contribution is -2.39. The molecule has 1 saturated carbocycles. The Morgan fingerprint density at radius 1 is 1.35 bits per heavy atom. The van der Waals surface area contributed by atoms with Crippen LogP contribution in [0.1, 0.15) is 45.6 Å². The van der Waals surface area contributed by atoms with Crippen LogP contribution in [0, 0.1) is 11.3 Å². The molecule has 3 nitrogen and oxygen atoms in total. The monoisotopic (exact) mass is 274 g/mol. The van der Waals surface area contributed by atoms with Gasteiger partial charge in [-0.05, 0) is 42.9 Å². The van der Waals surface area contributed by atoms with Crippen molar-refractivity contribution in [3.05, 3.63) is 29.8 Å². The first kappa shape index (κ1) is 14.9. The van der Waals surface area contributed by atoms with Gasteiger partial charge in [-0.1, -0.05) is 32.4 Å². The molecule has 110 valence electrons. The fourth-order valence-corrected chi connectivity index (χ4v) is 3.19. The third kappa shape index (κ3) is 3.14. The molecule has 1 aliphatic carbocycles. The Morgan fingerprint density at radius 2 is 2.00 bits per heavy atom. The van der Waals surface area contributed by atoms with Crippen LogP contribution in [0.4, 0.5) is 5.69 Å². The van der Waals surface area contributed by atoms with Crippen LogP contribution < -0.4 is 5.73 Å². The standard InChI is InChI=1S/C17H26N2O/c1-4-19(12-13-7-9-14(18)10-8-13)16(20)15-6-5-11-17(15,2)3/h7-10,15H,4-6,11-12,18H2,1-3H3. The molecule has 0 saturated heterocycles. The van der Waals surface area contributed by atoms with Crippen LogP contribution in [0.2, 0.25) is 0 Å². The zero-order valence-electron chi connectivity index (χ0n) is 12.9. The van der Waals surface area contributed by atoms with E-state index in [0.29, 0.717) is 12.5 Å². The van der Waals surface area contributed by atoms with Crippen LogP contribution in [0.5, 0.6) is 0 Å². The molecular formula is C17H26N2O. The second-order valence-corrected chi connectivity index (χ2v) is 6.53. The first-order valence-corrected chi connectivity index (χ1v) is 7.57. The molecule has 0 bridgehead atoms. The van der Waals surface area contributed by atoms with Gasteiger partial charge in [0.15, 0.2) is 0 Å². The van der Waals surface area contributed by atoms with Crippen LogP contribution in [0.3, 0.4) is 0 Å². The van der Waals surface area contributed by atoms with Gasteiger partial charge < -0.3 is 10.6 Å². The van der Waals surface area contributed by atoms with Gasteiger partial charge in [0.05, 0.1) is 0 Å². The molecular weight excluding hydrogens is 248 g/mol. The first-order valence-electron chi connectivity index (χ1n) is 7.57. The summed E-state index contributed by atoms with van der Waals surface area (Å²) in [6.07, 6.45) is 3.36. The largest absolute Gasteiger partial charge is 0.399 e. The molecule has 2 N–H and O–H groups in total. The molecule has 2 rings (SSSR count). The Kier molecular flexibility index (Phi) is 4.36. The summed E-state index contributed by atoms with van der Waals surface area (Å²) in [5.41, 5.74) is 7.76. The SMILES string of the molecule is CCN(Cc1ccc(N)cc1)C(=O)C1CCCC1(C)C. The molecule has 3 heteroatoms. The van der Waals surface area contributed by atoms with Gasteiger partial charge in [-0.15, -0.1) is 0 Å². The minimum Gasteiger partial charge on any atom is -0.399 e. The molecule has 0 heterocycles. The Bertz CT molecular complexity index is 464. The maximum Gasteiger partial charge on any atom is 0.226 e. The molecule has 0 aromatic heterocycles. The van der Waals surface area contributed by atoms with Gasteiger partial charge in [-0.3, -0.25) is 4.79 Å². The summed E-state index contributed by atoms with van der Waals surface area (Å²) >= 11 is 0. The van der Waals surface area contributed by atoms with Crippen molar-refractivity contribution in [3.63, 3.8) is 0 Å². The number of carbonyl (C=O) groups is 1. The molecule has 1 fully saturated rings. The summed E-state index contributed by atoms with van der Waals surface area (Å²) in [7, 11) is 0. The van der Waals surface area contributed by atoms with Crippen LogP contribution in [0.25, 0.3) is 0 Å². The summed E-state index contributed by atoms with van der Waals surface area (Å²) in [5.74, 6) is 0.489. The van der Waals surface area contributed by atoms with Crippen molar-refractivity contribution < 1.29 is 4.79 Å². The highest BCUT2D eigenvalue weighted by Crippen LogP contribution is 2.43. The minimum atomic E-state index is 0.144. The van der Waals surface area contributed by atoms with Gasteiger partial charge >= 0.3 is 0 Å². The Morgan fingerprint density at radius 3 is 2.50 bits per heavy atom. The normalized spacial score (nSPS) is 20.9. The Hall–Kier alpha value is -1.51. The zero-order valence-corrected chi connectivity index (χ0v) is 12.9. The second kappa shape index (κ2) is 5.86. The average Bonchev–Trinajstić information content (AvgIpc) is 2.77. The number of anilines is 1. The van der Waals surface area contributed by atoms with Crippen molar-refractivity contribution in [1.82, 2.24) is 4.90 Å². The number of rotatable bonds is 4. The summed E-state index contributed by atoms with van der Waals surface area (Å²) in [4.78, 5) is 14.7. The van der Waals surface area contributed by atoms with Crippen molar-refractivity contribution in [2.45, 2.75) is 46.6 Å². The first-order chi connectivity index (χ1) is 9.44. The number of hydrogen-bond acceptors (Lipinski definition) is 2. The van der Waals surface area contributed by atoms with Crippen molar-refractivity contribution in [3.8, 4) is 0 Å². The van der Waals surface area contributed by atoms with Gasteiger partial charge in [-0.25, -0.2) is 0 Å². The van der Waals surface area contributed by atoms with E-state index >= 15 is 0 Å². The van der Waals surface area contributed by atoms with Crippen LogP contribution >= 0.6 is 0 Å². The van der Waals surface area contributed by atoms with E-state index in [0.717, 1.165) is 30.6 Å². The van der Waals surface area contributed by atoms with Crippen molar-refractivity contribution >= 4 is 11.6 Å². The molecule has 1 atom stereocenters. The summed E-state index contributed by atoms with van der Waals surface area (Å²) < 4.78 is 0. The highest BCUT2D eigenvalue weighted by Gasteiger charge is 2.40. The highest BCUT2D eigenvalue weighted by molar-refractivity contribution is 5.80. The Labute approximate surface area is 122 Å². The highest BCUT2D eigenvalue weighted by atomic mass is 16.2. The van der Waals surface area contributed by atoms with E-state index in [1.54, 1.807) is 0 Å². The number of hydrogen-bond donors (Lipinski definition) is 1. The molecule has 1 amide bonds. The van der Waals surface area contributed by atoms with E-state index in [2.05, 4.69) is 20.8 Å². The van der Waals surface area contributed by atoms with Gasteiger partial charge in [0.1, 0.15) is 0 Å². The van der Waals surface area contributed by atoms with Crippen molar-refractivity contribution in [1.29, 1.82) is 0 Å². The van der Waals surface area contributed by atoms with E-state index in [-0.39, 0.29) is 11.3 Å². The number of nitrogens with zero attached hydrogens (tertiary/aromatic N) is 1.